The molecule has 1 aliphatic rings. The van der Waals surface area contributed by atoms with Crippen LogP contribution in [0, 0.1) is 5.92 Å². The van der Waals surface area contributed by atoms with Crippen LogP contribution < -0.4 is 0 Å². The van der Waals surface area contributed by atoms with Gasteiger partial charge in [-0.3, -0.25) is 4.79 Å². The third kappa shape index (κ3) is 2.72. The van der Waals surface area contributed by atoms with Crippen LogP contribution in [0.1, 0.15) is 12.8 Å². The lowest BCUT2D eigenvalue weighted by Gasteiger charge is -2.30. The summed E-state index contributed by atoms with van der Waals surface area (Å²) in [6, 6.07) is 0. The average Bonchev–Trinajstić information content (AvgIpc) is 2.78. The quantitative estimate of drug-likeness (QED) is 0.706. The maximum absolute atomic E-state index is 12.6. The molecule has 0 spiro atoms. The number of nitrogens with zero attached hydrogens (tertiary/aromatic N) is 4. The normalized spacial score (nSPS) is 20.9. The molecule has 0 N–H and O–H groups in total. The van der Waals surface area contributed by atoms with Crippen molar-refractivity contribution in [3.63, 3.8) is 0 Å². The van der Waals surface area contributed by atoms with Gasteiger partial charge in [0.2, 0.25) is 5.03 Å². The summed E-state index contributed by atoms with van der Waals surface area (Å²) in [6.45, 7) is 0.486. The summed E-state index contributed by atoms with van der Waals surface area (Å²) in [4.78, 5) is 11.6. The van der Waals surface area contributed by atoms with E-state index in [-0.39, 0.29) is 22.1 Å². The minimum atomic E-state index is -3.74. The van der Waals surface area contributed by atoms with Gasteiger partial charge in [0.15, 0.2) is 4.60 Å². The fourth-order valence-electron chi connectivity index (χ4n) is 2.24. The van der Waals surface area contributed by atoms with Gasteiger partial charge in [0.05, 0.1) is 13.0 Å². The second kappa shape index (κ2) is 5.78. The topological polar surface area (TPSA) is 94.4 Å². The number of hydrogen-bond acceptors (Lipinski definition) is 6. The Morgan fingerprint density at radius 2 is 2.20 bits per heavy atom. The van der Waals surface area contributed by atoms with E-state index in [9.17, 15) is 13.2 Å². The van der Waals surface area contributed by atoms with Crippen molar-refractivity contribution in [2.75, 3.05) is 20.2 Å². The van der Waals surface area contributed by atoms with Crippen molar-refractivity contribution >= 4 is 31.9 Å². The van der Waals surface area contributed by atoms with E-state index in [1.54, 1.807) is 0 Å². The van der Waals surface area contributed by atoms with Gasteiger partial charge >= 0.3 is 5.97 Å². The van der Waals surface area contributed by atoms with Crippen LogP contribution in [0.5, 0.6) is 0 Å². The highest BCUT2D eigenvalue weighted by molar-refractivity contribution is 9.10. The number of carbonyl (C=O) groups is 1. The number of ether oxygens (including phenoxy) is 1. The molecule has 1 atom stereocenters. The van der Waals surface area contributed by atoms with Gasteiger partial charge in [-0.2, -0.15) is 4.31 Å². The molecule has 10 heteroatoms. The molecular formula is C10H15BrN4O4S. The zero-order chi connectivity index (χ0) is 14.9. The summed E-state index contributed by atoms with van der Waals surface area (Å²) in [6.07, 6.45) is 1.24. The standard InChI is InChI=1S/C10H15BrN4O4S/c1-14-9(8(11)12-13-14)20(17,18)15-5-3-4-7(6-15)10(16)19-2/h7H,3-6H2,1-2H3. The van der Waals surface area contributed by atoms with Gasteiger partial charge in [0.1, 0.15) is 0 Å². The van der Waals surface area contributed by atoms with Crippen molar-refractivity contribution in [3.05, 3.63) is 4.60 Å². The number of carbonyl (C=O) groups excluding carboxylic acids is 1. The molecule has 112 valence electrons. The number of sulfonamides is 1. The van der Waals surface area contributed by atoms with Crippen LogP contribution in [0.4, 0.5) is 0 Å². The highest BCUT2D eigenvalue weighted by Crippen LogP contribution is 2.27. The molecule has 0 aromatic carbocycles. The maximum Gasteiger partial charge on any atom is 0.309 e. The fraction of sp³-hybridized carbons (Fsp3) is 0.700. The molecule has 8 nitrogen and oxygen atoms in total. The van der Waals surface area contributed by atoms with Crippen LogP contribution in [0.15, 0.2) is 9.63 Å². The Morgan fingerprint density at radius 1 is 1.50 bits per heavy atom. The van der Waals surface area contributed by atoms with Crippen LogP contribution in [0.3, 0.4) is 0 Å². The predicted molar refractivity (Wildman–Crippen MR) is 72.2 cm³/mol. The van der Waals surface area contributed by atoms with E-state index in [1.807, 2.05) is 0 Å². The Morgan fingerprint density at radius 3 is 2.75 bits per heavy atom. The summed E-state index contributed by atoms with van der Waals surface area (Å²) < 4.78 is 32.5. The van der Waals surface area contributed by atoms with Crippen molar-refractivity contribution in [2.24, 2.45) is 13.0 Å². The van der Waals surface area contributed by atoms with E-state index in [0.29, 0.717) is 19.4 Å². The summed E-state index contributed by atoms with van der Waals surface area (Å²) in [7, 11) is -0.929. The van der Waals surface area contributed by atoms with Gasteiger partial charge in [-0.25, -0.2) is 13.1 Å². The number of piperidine rings is 1. The first-order chi connectivity index (χ1) is 9.37. The SMILES string of the molecule is COC(=O)C1CCCN(S(=O)(=O)c2c(Br)nnn2C)C1. The monoisotopic (exact) mass is 366 g/mol. The zero-order valence-electron chi connectivity index (χ0n) is 11.1. The lowest BCUT2D eigenvalue weighted by Crippen LogP contribution is -2.43. The second-order valence-electron chi connectivity index (χ2n) is 4.53. The number of rotatable bonds is 3. The zero-order valence-corrected chi connectivity index (χ0v) is 13.5. The Labute approximate surface area is 125 Å². The summed E-state index contributed by atoms with van der Waals surface area (Å²) in [5.41, 5.74) is 0. The molecule has 2 heterocycles. The molecule has 1 aliphatic heterocycles. The van der Waals surface area contributed by atoms with E-state index in [4.69, 9.17) is 0 Å². The van der Waals surface area contributed by atoms with Gasteiger partial charge in [0.25, 0.3) is 10.0 Å². The molecule has 20 heavy (non-hydrogen) atoms. The van der Waals surface area contributed by atoms with E-state index >= 15 is 0 Å². The molecule has 2 rings (SSSR count). The molecule has 1 aromatic heterocycles. The van der Waals surface area contributed by atoms with Crippen LogP contribution >= 0.6 is 15.9 Å². The minimum absolute atomic E-state index is 0.0111. The highest BCUT2D eigenvalue weighted by Gasteiger charge is 2.36. The number of halogens is 1. The molecular weight excluding hydrogens is 352 g/mol. The Hall–Kier alpha value is -1.00. The molecule has 1 saturated heterocycles. The van der Waals surface area contributed by atoms with E-state index in [2.05, 4.69) is 31.0 Å². The van der Waals surface area contributed by atoms with Crippen molar-refractivity contribution in [2.45, 2.75) is 17.9 Å². The maximum atomic E-state index is 12.6. The Bertz CT molecular complexity index is 595. The first-order valence-corrected chi connectivity index (χ1v) is 8.24. The predicted octanol–water partition coefficient (Wildman–Crippen LogP) is 0.151. The first kappa shape index (κ1) is 15.4. The summed E-state index contributed by atoms with van der Waals surface area (Å²) in [5.74, 6) is -0.810. The third-order valence-corrected chi connectivity index (χ3v) is 5.99. The van der Waals surface area contributed by atoms with E-state index in [1.165, 1.54) is 23.1 Å². The number of esters is 1. The number of methoxy groups -OCH3 is 1. The van der Waals surface area contributed by atoms with Crippen LogP contribution in [-0.2, 0) is 26.6 Å². The van der Waals surface area contributed by atoms with Crippen LogP contribution in [-0.4, -0.2) is 53.9 Å². The van der Waals surface area contributed by atoms with Gasteiger partial charge in [0, 0.05) is 20.1 Å². The van der Waals surface area contributed by atoms with Gasteiger partial charge in [-0.1, -0.05) is 5.21 Å². The molecule has 1 unspecified atom stereocenters. The van der Waals surface area contributed by atoms with E-state index in [0.717, 1.165) is 0 Å². The smallest absolute Gasteiger partial charge is 0.309 e. The highest BCUT2D eigenvalue weighted by atomic mass is 79.9. The van der Waals surface area contributed by atoms with Crippen molar-refractivity contribution in [3.8, 4) is 0 Å². The molecule has 1 aromatic rings. The fourth-order valence-corrected chi connectivity index (χ4v) is 4.79. The van der Waals surface area contributed by atoms with Crippen molar-refractivity contribution < 1.29 is 17.9 Å². The van der Waals surface area contributed by atoms with Crippen LogP contribution in [0.25, 0.3) is 0 Å². The molecule has 0 radical (unpaired) electrons. The Kier molecular flexibility index (Phi) is 4.45. The van der Waals surface area contributed by atoms with Crippen molar-refractivity contribution in [1.29, 1.82) is 0 Å². The van der Waals surface area contributed by atoms with Crippen molar-refractivity contribution in [1.82, 2.24) is 19.3 Å². The first-order valence-electron chi connectivity index (χ1n) is 6.01. The number of aryl methyl sites for hydroxylation is 1. The molecule has 0 bridgehead atoms. The third-order valence-electron chi connectivity index (χ3n) is 3.24. The largest absolute Gasteiger partial charge is 0.469 e. The van der Waals surface area contributed by atoms with Gasteiger partial charge < -0.3 is 4.74 Å². The second-order valence-corrected chi connectivity index (χ2v) is 7.14. The number of hydrogen-bond donors (Lipinski definition) is 0. The van der Waals surface area contributed by atoms with Gasteiger partial charge in [-0.05, 0) is 28.8 Å². The van der Waals surface area contributed by atoms with Gasteiger partial charge in [-0.15, -0.1) is 5.10 Å². The Balaban J connectivity index is 2.28. The molecule has 1 fully saturated rings. The average molecular weight is 367 g/mol. The lowest BCUT2D eigenvalue weighted by molar-refractivity contribution is -0.146. The lowest BCUT2D eigenvalue weighted by atomic mass is 10.0. The number of aromatic nitrogens is 3. The van der Waals surface area contributed by atoms with E-state index < -0.39 is 15.9 Å². The summed E-state index contributed by atoms with van der Waals surface area (Å²) in [5, 5.41) is 7.34. The van der Waals surface area contributed by atoms with Crippen LogP contribution in [0.2, 0.25) is 0 Å². The summed E-state index contributed by atoms with van der Waals surface area (Å²) >= 11 is 3.09. The molecule has 0 aliphatic carbocycles. The minimum Gasteiger partial charge on any atom is -0.469 e. The molecule has 0 amide bonds. The molecule has 0 saturated carbocycles.